The van der Waals surface area contributed by atoms with E-state index in [1.54, 1.807) is 24.3 Å². The maximum atomic E-state index is 12.6. The molecule has 1 fully saturated rings. The van der Waals surface area contributed by atoms with Crippen LogP contribution in [-0.2, 0) is 14.8 Å². The Morgan fingerprint density at radius 1 is 1.45 bits per heavy atom. The number of morpholine rings is 1. The smallest absolute Gasteiger partial charge is 0.243 e. The summed E-state index contributed by atoms with van der Waals surface area (Å²) in [5.41, 5.74) is 6.17. The summed E-state index contributed by atoms with van der Waals surface area (Å²) in [6.07, 6.45) is 0.726. The molecule has 1 atom stereocenters. The fraction of sp³-hybridized carbons (Fsp3) is 0.462. The van der Waals surface area contributed by atoms with Gasteiger partial charge in [0.2, 0.25) is 10.0 Å². The fourth-order valence-electron chi connectivity index (χ4n) is 2.20. The lowest BCUT2D eigenvalue weighted by Gasteiger charge is -2.33. The van der Waals surface area contributed by atoms with Gasteiger partial charge in [0.05, 0.1) is 18.1 Å². The molecule has 0 saturated carbocycles. The zero-order valence-corrected chi connectivity index (χ0v) is 12.9. The van der Waals surface area contributed by atoms with Gasteiger partial charge < -0.3 is 10.5 Å². The second-order valence-electron chi connectivity index (χ2n) is 4.64. The highest BCUT2D eigenvalue weighted by atomic mass is 32.2. The minimum absolute atomic E-state index is 0.107. The number of rotatable bonds is 4. The molecular weight excluding hydrogens is 296 g/mol. The quantitative estimate of drug-likeness (QED) is 0.843. The molecule has 2 N–H and O–H groups in total. The van der Waals surface area contributed by atoms with Gasteiger partial charge in [0.1, 0.15) is 4.99 Å². The van der Waals surface area contributed by atoms with E-state index in [2.05, 4.69) is 0 Å². The van der Waals surface area contributed by atoms with E-state index < -0.39 is 10.0 Å². The van der Waals surface area contributed by atoms with Gasteiger partial charge in [0.15, 0.2) is 0 Å². The van der Waals surface area contributed by atoms with Crippen LogP contribution in [0.4, 0.5) is 0 Å². The van der Waals surface area contributed by atoms with Gasteiger partial charge in [-0.25, -0.2) is 8.42 Å². The van der Waals surface area contributed by atoms with Crippen molar-refractivity contribution in [2.45, 2.75) is 24.3 Å². The van der Waals surface area contributed by atoms with Crippen LogP contribution >= 0.6 is 12.2 Å². The molecule has 0 bridgehead atoms. The summed E-state index contributed by atoms with van der Waals surface area (Å²) in [6, 6.07) is 6.26. The highest BCUT2D eigenvalue weighted by molar-refractivity contribution is 7.89. The number of sulfonamides is 1. The average molecular weight is 314 g/mol. The molecule has 7 heteroatoms. The molecule has 20 heavy (non-hydrogen) atoms. The lowest BCUT2D eigenvalue weighted by molar-refractivity contribution is 0.0314. The van der Waals surface area contributed by atoms with E-state index in [1.165, 1.54) is 4.31 Å². The molecule has 0 spiro atoms. The Balaban J connectivity index is 2.31. The molecule has 1 aromatic carbocycles. The standard InChI is InChI=1S/C13H18N2O3S2/c1-2-11-9-18-8-7-15(11)20(16,17)12-5-3-10(4-6-12)13(14)19/h3-6,11H,2,7-9H2,1H3,(H2,14,19). The topological polar surface area (TPSA) is 72.6 Å². The summed E-state index contributed by atoms with van der Waals surface area (Å²) < 4.78 is 32.2. The summed E-state index contributed by atoms with van der Waals surface area (Å²) in [6.45, 7) is 3.22. The predicted octanol–water partition coefficient (Wildman–Crippen LogP) is 1.12. The average Bonchev–Trinajstić information content (AvgIpc) is 2.47. The Labute approximate surface area is 124 Å². The van der Waals surface area contributed by atoms with E-state index in [1.807, 2.05) is 6.92 Å². The van der Waals surface area contributed by atoms with Gasteiger partial charge >= 0.3 is 0 Å². The van der Waals surface area contributed by atoms with Crippen LogP contribution in [0.2, 0.25) is 0 Å². The number of benzene rings is 1. The van der Waals surface area contributed by atoms with Gasteiger partial charge in [0.25, 0.3) is 0 Å². The normalized spacial score (nSPS) is 20.8. The van der Waals surface area contributed by atoms with Crippen molar-refractivity contribution in [3.63, 3.8) is 0 Å². The summed E-state index contributed by atoms with van der Waals surface area (Å²) in [5.74, 6) is 0. The van der Waals surface area contributed by atoms with E-state index in [-0.39, 0.29) is 15.9 Å². The minimum atomic E-state index is -3.50. The summed E-state index contributed by atoms with van der Waals surface area (Å²) in [5, 5.41) is 0. The molecule has 5 nitrogen and oxygen atoms in total. The van der Waals surface area contributed by atoms with E-state index in [4.69, 9.17) is 22.7 Å². The largest absolute Gasteiger partial charge is 0.389 e. The van der Waals surface area contributed by atoms with Crippen LogP contribution in [0.15, 0.2) is 29.2 Å². The zero-order valence-electron chi connectivity index (χ0n) is 11.3. The van der Waals surface area contributed by atoms with Gasteiger partial charge in [-0.15, -0.1) is 0 Å². The highest BCUT2D eigenvalue weighted by Crippen LogP contribution is 2.22. The van der Waals surface area contributed by atoms with Crippen LogP contribution < -0.4 is 5.73 Å². The molecule has 1 aromatic rings. The van der Waals surface area contributed by atoms with Gasteiger partial charge in [-0.05, 0) is 18.6 Å². The number of nitrogens with zero attached hydrogens (tertiary/aromatic N) is 1. The molecule has 2 rings (SSSR count). The second-order valence-corrected chi connectivity index (χ2v) is 6.97. The fourth-order valence-corrected chi connectivity index (χ4v) is 4.01. The van der Waals surface area contributed by atoms with Crippen molar-refractivity contribution in [1.29, 1.82) is 0 Å². The lowest BCUT2D eigenvalue weighted by atomic mass is 10.2. The number of ether oxygens (including phenoxy) is 1. The summed E-state index contributed by atoms with van der Waals surface area (Å²) in [4.78, 5) is 0.518. The first-order valence-electron chi connectivity index (χ1n) is 6.46. The molecule has 0 amide bonds. The van der Waals surface area contributed by atoms with Gasteiger partial charge in [-0.3, -0.25) is 0 Å². The van der Waals surface area contributed by atoms with Crippen molar-refractivity contribution in [2.75, 3.05) is 19.8 Å². The maximum absolute atomic E-state index is 12.6. The third-order valence-electron chi connectivity index (χ3n) is 3.39. The maximum Gasteiger partial charge on any atom is 0.243 e. The Morgan fingerprint density at radius 2 is 2.10 bits per heavy atom. The molecule has 1 heterocycles. The van der Waals surface area contributed by atoms with Gasteiger partial charge in [-0.1, -0.05) is 31.3 Å². The van der Waals surface area contributed by atoms with Gasteiger partial charge in [0, 0.05) is 18.2 Å². The molecule has 0 aromatic heterocycles. The summed E-state index contributed by atoms with van der Waals surface area (Å²) in [7, 11) is -3.50. The molecule has 0 radical (unpaired) electrons. The Bertz CT molecular complexity index is 584. The van der Waals surface area contributed by atoms with Crippen LogP contribution in [0.3, 0.4) is 0 Å². The lowest BCUT2D eigenvalue weighted by Crippen LogP contribution is -2.48. The molecule has 110 valence electrons. The van der Waals surface area contributed by atoms with E-state index in [9.17, 15) is 8.42 Å². The predicted molar refractivity (Wildman–Crippen MR) is 81.1 cm³/mol. The molecule has 0 aliphatic carbocycles. The van der Waals surface area contributed by atoms with Crippen LogP contribution in [-0.4, -0.2) is 43.5 Å². The van der Waals surface area contributed by atoms with Gasteiger partial charge in [-0.2, -0.15) is 4.31 Å². The van der Waals surface area contributed by atoms with Crippen LogP contribution in [0.5, 0.6) is 0 Å². The summed E-state index contributed by atoms with van der Waals surface area (Å²) >= 11 is 4.86. The number of hydrogen-bond acceptors (Lipinski definition) is 4. The molecular formula is C13H18N2O3S2. The van der Waals surface area contributed by atoms with Crippen LogP contribution in [0, 0.1) is 0 Å². The number of nitrogens with two attached hydrogens (primary N) is 1. The van der Waals surface area contributed by atoms with Crippen molar-refractivity contribution in [3.8, 4) is 0 Å². The monoisotopic (exact) mass is 314 g/mol. The highest BCUT2D eigenvalue weighted by Gasteiger charge is 2.32. The number of thiocarbonyl (C=S) groups is 1. The van der Waals surface area contributed by atoms with Crippen molar-refractivity contribution in [2.24, 2.45) is 5.73 Å². The zero-order chi connectivity index (χ0) is 14.8. The first-order chi connectivity index (χ1) is 9.46. The Kier molecular flexibility index (Phi) is 4.74. The molecule has 1 unspecified atom stereocenters. The SMILES string of the molecule is CCC1COCCN1S(=O)(=O)c1ccc(C(N)=S)cc1. The van der Waals surface area contributed by atoms with E-state index >= 15 is 0 Å². The first kappa shape index (κ1) is 15.4. The molecule has 1 saturated heterocycles. The van der Waals surface area contributed by atoms with E-state index in [0.717, 1.165) is 6.42 Å². The molecule has 1 aliphatic heterocycles. The van der Waals surface area contributed by atoms with E-state index in [0.29, 0.717) is 25.3 Å². The Hall–Kier alpha value is -1.02. The van der Waals surface area contributed by atoms with Crippen LogP contribution in [0.1, 0.15) is 18.9 Å². The van der Waals surface area contributed by atoms with Crippen LogP contribution in [0.25, 0.3) is 0 Å². The third kappa shape index (κ3) is 3.01. The Morgan fingerprint density at radius 3 is 2.65 bits per heavy atom. The van der Waals surface area contributed by atoms with Crippen molar-refractivity contribution < 1.29 is 13.2 Å². The van der Waals surface area contributed by atoms with Crippen molar-refractivity contribution in [1.82, 2.24) is 4.31 Å². The second kappa shape index (κ2) is 6.17. The molecule has 1 aliphatic rings. The van der Waals surface area contributed by atoms with Crippen molar-refractivity contribution in [3.05, 3.63) is 29.8 Å². The number of hydrogen-bond donors (Lipinski definition) is 1. The first-order valence-corrected chi connectivity index (χ1v) is 8.31. The van der Waals surface area contributed by atoms with Crippen molar-refractivity contribution >= 4 is 27.2 Å². The third-order valence-corrected chi connectivity index (χ3v) is 5.59. The minimum Gasteiger partial charge on any atom is -0.389 e.